The number of morpholine rings is 1. The van der Waals surface area contributed by atoms with Gasteiger partial charge in [0.05, 0.1) is 12.1 Å². The van der Waals surface area contributed by atoms with Crippen molar-refractivity contribution in [2.75, 3.05) is 31.1 Å². The van der Waals surface area contributed by atoms with E-state index in [-0.39, 0.29) is 29.7 Å². The zero-order valence-electron chi connectivity index (χ0n) is 15.8. The van der Waals surface area contributed by atoms with E-state index >= 15 is 0 Å². The first kappa shape index (κ1) is 18.8. The maximum atomic E-state index is 13.5. The highest BCUT2D eigenvalue weighted by atomic mass is 19.1. The van der Waals surface area contributed by atoms with E-state index in [1.807, 2.05) is 4.90 Å². The van der Waals surface area contributed by atoms with Gasteiger partial charge in [0.25, 0.3) is 5.91 Å². The number of hydrogen-bond donors (Lipinski definition) is 0. The van der Waals surface area contributed by atoms with Crippen molar-refractivity contribution < 1.29 is 18.7 Å². The number of halogens is 1. The minimum absolute atomic E-state index is 0.00749. The van der Waals surface area contributed by atoms with Gasteiger partial charge in [-0.05, 0) is 36.5 Å². The van der Waals surface area contributed by atoms with E-state index in [0.717, 1.165) is 0 Å². The Morgan fingerprint density at radius 1 is 1.27 bits per heavy atom. The molecule has 0 N–H and O–H groups in total. The van der Waals surface area contributed by atoms with Crippen LogP contribution in [0.2, 0.25) is 0 Å². The summed E-state index contributed by atoms with van der Waals surface area (Å²) >= 11 is 0. The molecular weight excluding hydrogens is 335 g/mol. The van der Waals surface area contributed by atoms with Gasteiger partial charge in [-0.25, -0.2) is 4.39 Å². The van der Waals surface area contributed by atoms with Crippen LogP contribution >= 0.6 is 0 Å². The lowest BCUT2D eigenvalue weighted by molar-refractivity contribution is -0.151. The Hall–Kier alpha value is -1.95. The van der Waals surface area contributed by atoms with E-state index in [4.69, 9.17) is 4.74 Å². The number of carbonyl (C=O) groups is 2. The van der Waals surface area contributed by atoms with Crippen molar-refractivity contribution in [1.29, 1.82) is 0 Å². The Bertz CT molecular complexity index is 691. The number of piperidine rings is 1. The van der Waals surface area contributed by atoms with Crippen molar-refractivity contribution in [3.8, 4) is 0 Å². The van der Waals surface area contributed by atoms with Gasteiger partial charge >= 0.3 is 0 Å². The summed E-state index contributed by atoms with van der Waals surface area (Å²) in [5, 5.41) is 0. The molecular formula is C20H27FN2O3. The molecule has 0 aliphatic carbocycles. The third-order valence-electron chi connectivity index (χ3n) is 5.08. The van der Waals surface area contributed by atoms with E-state index in [9.17, 15) is 14.0 Å². The monoisotopic (exact) mass is 362 g/mol. The second-order valence-corrected chi connectivity index (χ2v) is 8.55. The van der Waals surface area contributed by atoms with Gasteiger partial charge in [0.1, 0.15) is 12.4 Å². The third-order valence-corrected chi connectivity index (χ3v) is 5.08. The molecule has 1 aromatic carbocycles. The Balaban J connectivity index is 1.67. The first-order valence-electron chi connectivity index (χ1n) is 9.15. The Labute approximate surface area is 154 Å². The van der Waals surface area contributed by atoms with Gasteiger partial charge in [0.15, 0.2) is 0 Å². The number of nitrogens with zero attached hydrogens (tertiary/aromatic N) is 2. The SMILES string of the molecule is CC(C)(C)CC(=O)N1CCC2(CC1)CN(c1cccc(F)c1)C(=O)CO2. The third kappa shape index (κ3) is 4.23. The maximum absolute atomic E-state index is 13.5. The molecule has 1 spiro atoms. The quantitative estimate of drug-likeness (QED) is 0.813. The number of benzene rings is 1. The largest absolute Gasteiger partial charge is 0.363 e. The summed E-state index contributed by atoms with van der Waals surface area (Å²) in [6.07, 6.45) is 1.89. The highest BCUT2D eigenvalue weighted by molar-refractivity contribution is 5.95. The van der Waals surface area contributed by atoms with Crippen LogP contribution in [0.25, 0.3) is 0 Å². The number of amides is 2. The molecule has 2 saturated heterocycles. The molecule has 2 aliphatic rings. The van der Waals surface area contributed by atoms with Gasteiger partial charge in [0, 0.05) is 25.2 Å². The van der Waals surface area contributed by atoms with E-state index in [1.165, 1.54) is 12.1 Å². The lowest BCUT2D eigenvalue weighted by atomic mass is 9.87. The van der Waals surface area contributed by atoms with Crippen LogP contribution in [0.4, 0.5) is 10.1 Å². The van der Waals surface area contributed by atoms with Crippen molar-refractivity contribution in [3.05, 3.63) is 30.1 Å². The van der Waals surface area contributed by atoms with Crippen LogP contribution in [0.3, 0.4) is 0 Å². The number of anilines is 1. The highest BCUT2D eigenvalue weighted by Crippen LogP contribution is 2.33. The standard InChI is InChI=1S/C20H27FN2O3/c1-19(2,3)12-17(24)22-9-7-20(8-10-22)14-23(18(25)13-26-20)16-6-4-5-15(21)11-16/h4-6,11H,7-10,12-14H2,1-3H3. The number of rotatable bonds is 2. The summed E-state index contributed by atoms with van der Waals surface area (Å²) in [5.41, 5.74) is 0.0660. The number of likely N-dealkylation sites (tertiary alicyclic amines) is 1. The fourth-order valence-electron chi connectivity index (χ4n) is 3.63. The van der Waals surface area contributed by atoms with Crippen LogP contribution in [-0.4, -0.2) is 48.6 Å². The molecule has 5 nitrogen and oxygen atoms in total. The average Bonchev–Trinajstić information content (AvgIpc) is 2.56. The molecule has 0 bridgehead atoms. The Morgan fingerprint density at radius 3 is 2.58 bits per heavy atom. The number of carbonyl (C=O) groups excluding carboxylic acids is 2. The van der Waals surface area contributed by atoms with E-state index in [0.29, 0.717) is 44.6 Å². The molecule has 2 fully saturated rings. The summed E-state index contributed by atoms with van der Waals surface area (Å²) in [6.45, 7) is 7.82. The fraction of sp³-hybridized carbons (Fsp3) is 0.600. The van der Waals surface area contributed by atoms with Crippen molar-refractivity contribution in [2.45, 2.75) is 45.6 Å². The van der Waals surface area contributed by atoms with Gasteiger partial charge in [-0.1, -0.05) is 26.8 Å². The summed E-state index contributed by atoms with van der Waals surface area (Å²) < 4.78 is 19.5. The Morgan fingerprint density at radius 2 is 1.96 bits per heavy atom. The smallest absolute Gasteiger partial charge is 0.253 e. The normalized spacial score (nSPS) is 20.5. The van der Waals surface area contributed by atoms with Gasteiger partial charge in [-0.2, -0.15) is 0 Å². The van der Waals surface area contributed by atoms with Crippen LogP contribution in [0.15, 0.2) is 24.3 Å². The van der Waals surface area contributed by atoms with Crippen LogP contribution in [-0.2, 0) is 14.3 Å². The fourth-order valence-corrected chi connectivity index (χ4v) is 3.63. The number of hydrogen-bond acceptors (Lipinski definition) is 3. The van der Waals surface area contributed by atoms with Crippen molar-refractivity contribution >= 4 is 17.5 Å². The second-order valence-electron chi connectivity index (χ2n) is 8.55. The zero-order valence-corrected chi connectivity index (χ0v) is 15.8. The lowest BCUT2D eigenvalue weighted by Crippen LogP contribution is -2.59. The van der Waals surface area contributed by atoms with E-state index in [1.54, 1.807) is 17.0 Å². The topological polar surface area (TPSA) is 49.9 Å². The maximum Gasteiger partial charge on any atom is 0.253 e. The van der Waals surface area contributed by atoms with Gasteiger partial charge in [-0.3, -0.25) is 9.59 Å². The molecule has 0 unspecified atom stereocenters. The molecule has 6 heteroatoms. The molecule has 0 atom stereocenters. The van der Waals surface area contributed by atoms with Crippen LogP contribution < -0.4 is 4.90 Å². The molecule has 0 aromatic heterocycles. The van der Waals surface area contributed by atoms with Crippen molar-refractivity contribution in [3.63, 3.8) is 0 Å². The minimum atomic E-state index is -0.460. The summed E-state index contributed by atoms with van der Waals surface area (Å²) in [5.74, 6) is -0.355. The van der Waals surface area contributed by atoms with E-state index in [2.05, 4.69) is 20.8 Å². The van der Waals surface area contributed by atoms with Crippen molar-refractivity contribution in [2.24, 2.45) is 5.41 Å². The first-order valence-corrected chi connectivity index (χ1v) is 9.15. The Kier molecular flexibility index (Phi) is 5.06. The second kappa shape index (κ2) is 6.99. The molecule has 0 radical (unpaired) electrons. The van der Waals surface area contributed by atoms with Crippen LogP contribution in [0.5, 0.6) is 0 Å². The van der Waals surface area contributed by atoms with Crippen LogP contribution in [0.1, 0.15) is 40.0 Å². The van der Waals surface area contributed by atoms with Crippen LogP contribution in [0, 0.1) is 11.2 Å². The highest BCUT2D eigenvalue weighted by Gasteiger charge is 2.43. The summed E-state index contributed by atoms with van der Waals surface area (Å²) in [6, 6.07) is 6.08. The predicted molar refractivity (Wildman–Crippen MR) is 97.3 cm³/mol. The van der Waals surface area contributed by atoms with Crippen molar-refractivity contribution in [1.82, 2.24) is 4.90 Å². The molecule has 1 aromatic rings. The number of ether oxygens (including phenoxy) is 1. The molecule has 142 valence electrons. The first-order chi connectivity index (χ1) is 12.2. The average molecular weight is 362 g/mol. The molecule has 3 rings (SSSR count). The summed E-state index contributed by atoms with van der Waals surface area (Å²) in [4.78, 5) is 28.2. The minimum Gasteiger partial charge on any atom is -0.363 e. The van der Waals surface area contributed by atoms with E-state index < -0.39 is 5.60 Å². The molecule has 2 heterocycles. The molecule has 0 saturated carbocycles. The summed E-state index contributed by atoms with van der Waals surface area (Å²) in [7, 11) is 0. The van der Waals surface area contributed by atoms with Gasteiger partial charge in [0.2, 0.25) is 5.91 Å². The van der Waals surface area contributed by atoms with Gasteiger partial charge < -0.3 is 14.5 Å². The predicted octanol–water partition coefficient (Wildman–Crippen LogP) is 2.99. The molecule has 2 amide bonds. The van der Waals surface area contributed by atoms with Gasteiger partial charge in [-0.15, -0.1) is 0 Å². The zero-order chi connectivity index (χ0) is 18.9. The molecule has 26 heavy (non-hydrogen) atoms. The molecule has 2 aliphatic heterocycles. The lowest BCUT2D eigenvalue weighted by Gasteiger charge is -2.47.